The van der Waals surface area contributed by atoms with Gasteiger partial charge in [0.25, 0.3) is 0 Å². The molecule has 0 saturated heterocycles. The average Bonchev–Trinajstić information content (AvgIpc) is 2.65. The van der Waals surface area contributed by atoms with Crippen molar-refractivity contribution in [3.05, 3.63) is 24.5 Å². The molecule has 1 fully saturated rings. The molecule has 14 heavy (non-hydrogen) atoms. The summed E-state index contributed by atoms with van der Waals surface area (Å²) in [4.78, 5) is 6.29. The fraction of sp³-hybridized carbons (Fsp3) is 0.545. The fourth-order valence-electron chi connectivity index (χ4n) is 2.22. The molecule has 1 heterocycles. The van der Waals surface area contributed by atoms with Gasteiger partial charge in [0, 0.05) is 37.2 Å². The van der Waals surface area contributed by atoms with E-state index < -0.39 is 0 Å². The van der Waals surface area contributed by atoms with E-state index in [1.807, 2.05) is 24.5 Å². The number of anilines is 1. The van der Waals surface area contributed by atoms with E-state index >= 15 is 0 Å². The molecule has 1 aromatic heterocycles. The van der Waals surface area contributed by atoms with Gasteiger partial charge in [0.2, 0.25) is 0 Å². The first-order valence-corrected chi connectivity index (χ1v) is 5.17. The van der Waals surface area contributed by atoms with E-state index in [2.05, 4.69) is 16.9 Å². The second-order valence-electron chi connectivity index (χ2n) is 3.98. The molecule has 2 unspecified atom stereocenters. The maximum Gasteiger partial charge on any atom is 0.0437 e. The lowest BCUT2D eigenvalue weighted by atomic mass is 10.1. The van der Waals surface area contributed by atoms with Crippen LogP contribution >= 0.6 is 0 Å². The van der Waals surface area contributed by atoms with Crippen LogP contribution in [-0.4, -0.2) is 24.1 Å². The van der Waals surface area contributed by atoms with Gasteiger partial charge < -0.3 is 10.6 Å². The molecule has 0 amide bonds. The van der Waals surface area contributed by atoms with Crippen LogP contribution in [0.1, 0.15) is 19.3 Å². The van der Waals surface area contributed by atoms with E-state index in [0.29, 0.717) is 12.1 Å². The highest BCUT2D eigenvalue weighted by Gasteiger charge is 2.27. The minimum atomic E-state index is 0.327. The highest BCUT2D eigenvalue weighted by molar-refractivity contribution is 5.45. The van der Waals surface area contributed by atoms with Crippen molar-refractivity contribution in [3.8, 4) is 0 Å². The van der Waals surface area contributed by atoms with Crippen LogP contribution in [-0.2, 0) is 0 Å². The zero-order valence-electron chi connectivity index (χ0n) is 8.56. The number of likely N-dealkylation sites (N-methyl/N-ethyl adjacent to an activating group) is 1. The maximum atomic E-state index is 6.06. The lowest BCUT2D eigenvalue weighted by Crippen LogP contribution is -2.42. The van der Waals surface area contributed by atoms with Gasteiger partial charge in [-0.15, -0.1) is 0 Å². The molecular formula is C11H17N3. The summed E-state index contributed by atoms with van der Waals surface area (Å²) in [6.07, 6.45) is 7.26. The van der Waals surface area contributed by atoms with Crippen LogP contribution in [0.2, 0.25) is 0 Å². The second kappa shape index (κ2) is 3.96. The predicted octanol–water partition coefficient (Wildman–Crippen LogP) is 1.40. The smallest absolute Gasteiger partial charge is 0.0437 e. The monoisotopic (exact) mass is 191 g/mol. The number of nitrogens with two attached hydrogens (primary N) is 1. The molecular weight excluding hydrogens is 174 g/mol. The molecule has 2 N–H and O–H groups in total. The first-order valence-electron chi connectivity index (χ1n) is 5.17. The van der Waals surface area contributed by atoms with Crippen LogP contribution in [0.25, 0.3) is 0 Å². The van der Waals surface area contributed by atoms with Crippen molar-refractivity contribution in [3.63, 3.8) is 0 Å². The van der Waals surface area contributed by atoms with Gasteiger partial charge in [0.1, 0.15) is 0 Å². The standard InChI is InChI=1S/C11H17N3/c1-14(9-5-7-13-8-6-9)11-4-2-3-10(11)12/h5-8,10-11H,2-4,12H2,1H3. The van der Waals surface area contributed by atoms with Crippen molar-refractivity contribution >= 4 is 5.69 Å². The Labute approximate surface area is 84.9 Å². The number of aromatic nitrogens is 1. The lowest BCUT2D eigenvalue weighted by molar-refractivity contribution is 0.572. The molecule has 0 radical (unpaired) electrons. The zero-order valence-corrected chi connectivity index (χ0v) is 8.56. The largest absolute Gasteiger partial charge is 0.370 e. The van der Waals surface area contributed by atoms with E-state index in [1.165, 1.54) is 18.5 Å². The molecule has 3 heteroatoms. The van der Waals surface area contributed by atoms with Gasteiger partial charge in [0.15, 0.2) is 0 Å². The third-order valence-electron chi connectivity index (χ3n) is 3.10. The lowest BCUT2D eigenvalue weighted by Gasteiger charge is -2.29. The molecule has 0 aliphatic heterocycles. The molecule has 2 atom stereocenters. The Bertz CT molecular complexity index is 286. The van der Waals surface area contributed by atoms with Gasteiger partial charge in [-0.1, -0.05) is 0 Å². The quantitative estimate of drug-likeness (QED) is 0.768. The van der Waals surface area contributed by atoms with E-state index in [9.17, 15) is 0 Å². The molecule has 0 spiro atoms. The first-order chi connectivity index (χ1) is 6.79. The van der Waals surface area contributed by atoms with Crippen molar-refractivity contribution in [1.82, 2.24) is 4.98 Å². The third kappa shape index (κ3) is 1.73. The van der Waals surface area contributed by atoms with Gasteiger partial charge in [-0.2, -0.15) is 0 Å². The summed E-state index contributed by atoms with van der Waals surface area (Å²) in [6.45, 7) is 0. The normalized spacial score (nSPS) is 26.4. The Hall–Kier alpha value is -1.09. The van der Waals surface area contributed by atoms with Crippen molar-refractivity contribution in [2.45, 2.75) is 31.3 Å². The van der Waals surface area contributed by atoms with Gasteiger partial charge in [-0.05, 0) is 31.4 Å². The third-order valence-corrected chi connectivity index (χ3v) is 3.10. The molecule has 2 rings (SSSR count). The molecule has 1 aliphatic carbocycles. The molecule has 1 aliphatic rings. The van der Waals surface area contributed by atoms with E-state index in [4.69, 9.17) is 5.73 Å². The van der Waals surface area contributed by atoms with Crippen molar-refractivity contribution in [2.24, 2.45) is 5.73 Å². The van der Waals surface area contributed by atoms with Gasteiger partial charge in [-0.3, -0.25) is 4.98 Å². The zero-order chi connectivity index (χ0) is 9.97. The summed E-state index contributed by atoms with van der Waals surface area (Å²) in [5.41, 5.74) is 7.27. The topological polar surface area (TPSA) is 42.2 Å². The van der Waals surface area contributed by atoms with Crippen LogP contribution in [0.3, 0.4) is 0 Å². The first kappa shape index (κ1) is 9.46. The molecule has 76 valence electrons. The predicted molar refractivity (Wildman–Crippen MR) is 58.3 cm³/mol. The summed E-state index contributed by atoms with van der Waals surface area (Å²) in [5.74, 6) is 0. The van der Waals surface area contributed by atoms with Gasteiger partial charge >= 0.3 is 0 Å². The minimum absolute atomic E-state index is 0.327. The molecule has 0 bridgehead atoms. The minimum Gasteiger partial charge on any atom is -0.370 e. The number of pyridine rings is 1. The van der Waals surface area contributed by atoms with Crippen molar-refractivity contribution < 1.29 is 0 Å². The number of rotatable bonds is 2. The Morgan fingerprint density at radius 1 is 1.36 bits per heavy atom. The summed E-state index contributed by atoms with van der Waals surface area (Å²) in [5, 5.41) is 0. The van der Waals surface area contributed by atoms with Crippen molar-refractivity contribution in [1.29, 1.82) is 0 Å². The van der Waals surface area contributed by atoms with Gasteiger partial charge in [0.05, 0.1) is 0 Å². The van der Waals surface area contributed by atoms with Crippen LogP contribution in [0.15, 0.2) is 24.5 Å². The summed E-state index contributed by atoms with van der Waals surface area (Å²) >= 11 is 0. The number of hydrogen-bond donors (Lipinski definition) is 1. The Balaban J connectivity index is 2.12. The number of nitrogens with zero attached hydrogens (tertiary/aromatic N) is 2. The summed E-state index contributed by atoms with van der Waals surface area (Å²) in [7, 11) is 2.12. The van der Waals surface area contributed by atoms with E-state index in [0.717, 1.165) is 6.42 Å². The molecule has 3 nitrogen and oxygen atoms in total. The SMILES string of the molecule is CN(c1ccncc1)C1CCCC1N. The molecule has 1 aromatic rings. The van der Waals surface area contributed by atoms with Crippen LogP contribution in [0.5, 0.6) is 0 Å². The maximum absolute atomic E-state index is 6.06. The second-order valence-corrected chi connectivity index (χ2v) is 3.98. The summed E-state index contributed by atoms with van der Waals surface area (Å²) < 4.78 is 0. The van der Waals surface area contributed by atoms with E-state index in [1.54, 1.807) is 0 Å². The van der Waals surface area contributed by atoms with Crippen LogP contribution in [0, 0.1) is 0 Å². The highest BCUT2D eigenvalue weighted by Crippen LogP contribution is 2.25. The Kier molecular flexibility index (Phi) is 2.68. The highest BCUT2D eigenvalue weighted by atomic mass is 15.2. The van der Waals surface area contributed by atoms with Crippen LogP contribution < -0.4 is 10.6 Å². The molecule has 1 saturated carbocycles. The average molecular weight is 191 g/mol. The molecule has 0 aromatic carbocycles. The Morgan fingerprint density at radius 3 is 2.64 bits per heavy atom. The Morgan fingerprint density at radius 2 is 2.07 bits per heavy atom. The summed E-state index contributed by atoms with van der Waals surface area (Å²) in [6, 6.07) is 4.89. The van der Waals surface area contributed by atoms with Crippen molar-refractivity contribution in [2.75, 3.05) is 11.9 Å². The van der Waals surface area contributed by atoms with E-state index in [-0.39, 0.29) is 0 Å². The van der Waals surface area contributed by atoms with Gasteiger partial charge in [-0.25, -0.2) is 0 Å². The fourth-order valence-corrected chi connectivity index (χ4v) is 2.22. The number of hydrogen-bond acceptors (Lipinski definition) is 3. The van der Waals surface area contributed by atoms with Crippen LogP contribution in [0.4, 0.5) is 5.69 Å².